The number of carbonyl (C=O) groups is 1. The number of aryl methyl sites for hydroxylation is 1. The Bertz CT molecular complexity index is 797. The van der Waals surface area contributed by atoms with Crippen LogP contribution in [-0.4, -0.2) is 59.6 Å². The Kier molecular flexibility index (Phi) is 7.28. The standard InChI is InChI=1S/C22H33N5O2/c1-16(2)21(26-10-12-29-13-11-26)15-24-22(28)23-14-20-17(3)25-27(18(20)4)19-8-6-5-7-9-19/h5-9,16,21H,10-15H2,1-4H3,(H2,23,24,28)/t21-/m1/s1. The van der Waals surface area contributed by atoms with Crippen LogP contribution in [0.1, 0.15) is 30.8 Å². The molecule has 1 aromatic heterocycles. The molecule has 2 aromatic rings. The van der Waals surface area contributed by atoms with E-state index in [9.17, 15) is 4.79 Å². The summed E-state index contributed by atoms with van der Waals surface area (Å²) in [5, 5.41) is 10.7. The summed E-state index contributed by atoms with van der Waals surface area (Å²) in [4.78, 5) is 14.8. The lowest BCUT2D eigenvalue weighted by molar-refractivity contribution is 0.00719. The number of nitrogens with one attached hydrogen (secondary N) is 2. The van der Waals surface area contributed by atoms with E-state index in [2.05, 4.69) is 34.5 Å². The number of carbonyl (C=O) groups excluding carboxylic acids is 1. The van der Waals surface area contributed by atoms with Gasteiger partial charge in [0.1, 0.15) is 0 Å². The van der Waals surface area contributed by atoms with Crippen molar-refractivity contribution in [3.8, 4) is 5.69 Å². The van der Waals surface area contributed by atoms with Crippen molar-refractivity contribution in [2.45, 2.75) is 40.3 Å². The lowest BCUT2D eigenvalue weighted by Gasteiger charge is -2.36. The highest BCUT2D eigenvalue weighted by Crippen LogP contribution is 2.17. The van der Waals surface area contributed by atoms with E-state index < -0.39 is 0 Å². The van der Waals surface area contributed by atoms with E-state index in [0.29, 0.717) is 25.0 Å². The minimum atomic E-state index is -0.143. The SMILES string of the molecule is Cc1nn(-c2ccccc2)c(C)c1CNC(=O)NC[C@H](C(C)C)N1CCOCC1. The molecule has 3 rings (SSSR count). The van der Waals surface area contributed by atoms with Gasteiger partial charge in [-0.3, -0.25) is 4.90 Å². The fourth-order valence-corrected chi connectivity index (χ4v) is 3.88. The number of hydrogen-bond donors (Lipinski definition) is 2. The molecule has 1 fully saturated rings. The maximum Gasteiger partial charge on any atom is 0.315 e. The number of ether oxygens (including phenoxy) is 1. The van der Waals surface area contributed by atoms with E-state index in [4.69, 9.17) is 4.74 Å². The summed E-state index contributed by atoms with van der Waals surface area (Å²) in [6.07, 6.45) is 0. The van der Waals surface area contributed by atoms with Gasteiger partial charge in [-0.05, 0) is 31.9 Å². The van der Waals surface area contributed by atoms with Gasteiger partial charge in [-0.25, -0.2) is 9.48 Å². The summed E-state index contributed by atoms with van der Waals surface area (Å²) >= 11 is 0. The molecule has 2 amide bonds. The van der Waals surface area contributed by atoms with Crippen molar-refractivity contribution in [3.63, 3.8) is 0 Å². The Hall–Kier alpha value is -2.38. The molecule has 2 N–H and O–H groups in total. The molecule has 0 spiro atoms. The number of rotatable bonds is 7. The predicted octanol–water partition coefficient (Wildman–Crippen LogP) is 2.65. The molecule has 0 radical (unpaired) electrons. The van der Waals surface area contributed by atoms with Gasteiger partial charge in [-0.1, -0.05) is 32.0 Å². The average Bonchev–Trinajstić information content (AvgIpc) is 3.01. The average molecular weight is 400 g/mol. The van der Waals surface area contributed by atoms with Crippen molar-refractivity contribution >= 4 is 6.03 Å². The van der Waals surface area contributed by atoms with E-state index in [1.807, 2.05) is 48.9 Å². The smallest absolute Gasteiger partial charge is 0.315 e. The largest absolute Gasteiger partial charge is 0.379 e. The van der Waals surface area contributed by atoms with Gasteiger partial charge >= 0.3 is 6.03 Å². The monoisotopic (exact) mass is 399 g/mol. The Morgan fingerprint density at radius 3 is 2.48 bits per heavy atom. The van der Waals surface area contributed by atoms with Gasteiger partial charge in [0.15, 0.2) is 0 Å². The molecule has 1 aliphatic heterocycles. The predicted molar refractivity (Wildman–Crippen MR) is 114 cm³/mol. The van der Waals surface area contributed by atoms with Crippen LogP contribution in [0.3, 0.4) is 0 Å². The molecular weight excluding hydrogens is 366 g/mol. The van der Waals surface area contributed by atoms with Gasteiger partial charge in [-0.15, -0.1) is 0 Å². The first-order chi connectivity index (χ1) is 14.0. The summed E-state index contributed by atoms with van der Waals surface area (Å²) in [6.45, 7) is 12.9. The van der Waals surface area contributed by atoms with Gasteiger partial charge in [0.05, 0.1) is 24.6 Å². The summed E-state index contributed by atoms with van der Waals surface area (Å²) in [5.74, 6) is 0.460. The second-order valence-electron chi connectivity index (χ2n) is 7.92. The molecule has 7 heteroatoms. The topological polar surface area (TPSA) is 71.4 Å². The van der Waals surface area contributed by atoms with Crippen LogP contribution in [0.5, 0.6) is 0 Å². The number of morpholine rings is 1. The Labute approximate surface area is 173 Å². The fraction of sp³-hybridized carbons (Fsp3) is 0.545. The molecule has 0 saturated carbocycles. The maximum absolute atomic E-state index is 12.4. The summed E-state index contributed by atoms with van der Waals surface area (Å²) in [5.41, 5.74) is 4.05. The Balaban J connectivity index is 1.56. The molecule has 2 heterocycles. The Morgan fingerprint density at radius 1 is 1.14 bits per heavy atom. The van der Waals surface area contributed by atoms with E-state index in [0.717, 1.165) is 48.9 Å². The normalized spacial score (nSPS) is 16.0. The lowest BCUT2D eigenvalue weighted by Crippen LogP contribution is -2.52. The first kappa shape index (κ1) is 21.3. The second-order valence-corrected chi connectivity index (χ2v) is 7.92. The van der Waals surface area contributed by atoms with Crippen LogP contribution < -0.4 is 10.6 Å². The molecule has 1 atom stereocenters. The molecule has 0 bridgehead atoms. The number of para-hydroxylation sites is 1. The van der Waals surface area contributed by atoms with E-state index in [-0.39, 0.29) is 6.03 Å². The van der Waals surface area contributed by atoms with Gasteiger partial charge < -0.3 is 15.4 Å². The highest BCUT2D eigenvalue weighted by atomic mass is 16.5. The quantitative estimate of drug-likeness (QED) is 0.751. The van der Waals surface area contributed by atoms with Gasteiger partial charge in [-0.2, -0.15) is 5.10 Å². The van der Waals surface area contributed by atoms with Crippen molar-refractivity contribution in [3.05, 3.63) is 47.3 Å². The van der Waals surface area contributed by atoms with Crippen molar-refractivity contribution in [1.29, 1.82) is 0 Å². The number of nitrogens with zero attached hydrogens (tertiary/aromatic N) is 3. The molecule has 29 heavy (non-hydrogen) atoms. The minimum Gasteiger partial charge on any atom is -0.379 e. The van der Waals surface area contributed by atoms with Crippen LogP contribution in [-0.2, 0) is 11.3 Å². The molecule has 1 aromatic carbocycles. The van der Waals surface area contributed by atoms with Crippen LogP contribution in [0.25, 0.3) is 5.69 Å². The van der Waals surface area contributed by atoms with Crippen LogP contribution in [0.15, 0.2) is 30.3 Å². The highest BCUT2D eigenvalue weighted by Gasteiger charge is 2.24. The third-order valence-electron chi connectivity index (χ3n) is 5.62. The molecule has 7 nitrogen and oxygen atoms in total. The van der Waals surface area contributed by atoms with E-state index >= 15 is 0 Å². The fourth-order valence-electron chi connectivity index (χ4n) is 3.88. The highest BCUT2D eigenvalue weighted by molar-refractivity contribution is 5.73. The number of amides is 2. The summed E-state index contributed by atoms with van der Waals surface area (Å²) in [6, 6.07) is 10.2. The molecular formula is C22H33N5O2. The number of benzene rings is 1. The third kappa shape index (κ3) is 5.36. The van der Waals surface area contributed by atoms with Crippen LogP contribution in [0.2, 0.25) is 0 Å². The molecule has 1 saturated heterocycles. The number of urea groups is 1. The second kappa shape index (κ2) is 9.89. The molecule has 158 valence electrons. The number of aromatic nitrogens is 2. The van der Waals surface area contributed by atoms with Crippen LogP contribution in [0, 0.1) is 19.8 Å². The Morgan fingerprint density at radius 2 is 1.83 bits per heavy atom. The summed E-state index contributed by atoms with van der Waals surface area (Å²) < 4.78 is 7.38. The van der Waals surface area contributed by atoms with Crippen molar-refractivity contribution < 1.29 is 9.53 Å². The first-order valence-corrected chi connectivity index (χ1v) is 10.4. The van der Waals surface area contributed by atoms with Crippen molar-refractivity contribution in [1.82, 2.24) is 25.3 Å². The maximum atomic E-state index is 12.4. The molecule has 0 unspecified atom stereocenters. The van der Waals surface area contributed by atoms with Gasteiger partial charge in [0.25, 0.3) is 0 Å². The van der Waals surface area contributed by atoms with Gasteiger partial charge in [0, 0.05) is 43.5 Å². The lowest BCUT2D eigenvalue weighted by atomic mass is 10.0. The molecule has 0 aliphatic carbocycles. The third-order valence-corrected chi connectivity index (χ3v) is 5.62. The minimum absolute atomic E-state index is 0.143. The zero-order chi connectivity index (χ0) is 20.8. The van der Waals surface area contributed by atoms with Crippen molar-refractivity contribution in [2.75, 3.05) is 32.8 Å². The zero-order valence-electron chi connectivity index (χ0n) is 17.9. The number of hydrogen-bond acceptors (Lipinski definition) is 4. The van der Waals surface area contributed by atoms with Crippen LogP contribution in [0.4, 0.5) is 4.79 Å². The summed E-state index contributed by atoms with van der Waals surface area (Å²) in [7, 11) is 0. The van der Waals surface area contributed by atoms with Crippen LogP contribution >= 0.6 is 0 Å². The van der Waals surface area contributed by atoms with Crippen molar-refractivity contribution in [2.24, 2.45) is 5.92 Å². The van der Waals surface area contributed by atoms with E-state index in [1.54, 1.807) is 0 Å². The first-order valence-electron chi connectivity index (χ1n) is 10.4. The zero-order valence-corrected chi connectivity index (χ0v) is 17.9. The molecule has 1 aliphatic rings. The van der Waals surface area contributed by atoms with Gasteiger partial charge in [0.2, 0.25) is 0 Å². The van der Waals surface area contributed by atoms with E-state index in [1.165, 1.54) is 0 Å².